The number of para-hydroxylation sites is 2. The lowest BCUT2D eigenvalue weighted by atomic mass is 10.1. The van der Waals surface area contributed by atoms with Crippen LogP contribution in [0.3, 0.4) is 0 Å². The molecule has 0 N–H and O–H groups in total. The van der Waals surface area contributed by atoms with Crippen LogP contribution in [0.2, 0.25) is 0 Å². The van der Waals surface area contributed by atoms with Crippen LogP contribution in [0.1, 0.15) is 11.1 Å². The molecule has 0 aliphatic rings. The predicted molar refractivity (Wildman–Crippen MR) is 86.0 cm³/mol. The molecule has 21 heavy (non-hydrogen) atoms. The first-order valence-corrected chi connectivity index (χ1v) is 7.64. The molecule has 0 atom stereocenters. The number of ether oxygens (including phenoxy) is 1. The Morgan fingerprint density at radius 3 is 2.57 bits per heavy atom. The van der Waals surface area contributed by atoms with Crippen LogP contribution in [0.5, 0.6) is 5.75 Å². The average Bonchev–Trinajstić information content (AvgIpc) is 2.49. The molecule has 4 nitrogen and oxygen atoms in total. The summed E-state index contributed by atoms with van der Waals surface area (Å²) < 4.78 is 6.57. The molecule has 0 amide bonds. The van der Waals surface area contributed by atoms with E-state index < -0.39 is 0 Å². The van der Waals surface area contributed by atoms with E-state index in [1.54, 1.807) is 18.2 Å². The van der Waals surface area contributed by atoms with Crippen LogP contribution < -0.4 is 4.74 Å². The van der Waals surface area contributed by atoms with Gasteiger partial charge in [-0.2, -0.15) is 0 Å². The standard InChI is InChI=1S/C15H13BrClNO3/c16-13-6-3-5-12(10-17)15(13)21-9-8-11-4-1-2-7-14(11)18(19)20/h1-7H,8-10H2. The normalized spacial score (nSPS) is 10.4. The Hall–Kier alpha value is -1.59. The van der Waals surface area contributed by atoms with E-state index in [1.165, 1.54) is 6.07 Å². The first-order valence-electron chi connectivity index (χ1n) is 6.32. The van der Waals surface area contributed by atoms with Gasteiger partial charge in [0.15, 0.2) is 0 Å². The van der Waals surface area contributed by atoms with Crippen molar-refractivity contribution in [2.45, 2.75) is 12.3 Å². The fraction of sp³-hybridized carbons (Fsp3) is 0.200. The third-order valence-corrected chi connectivity index (χ3v) is 3.91. The molecule has 0 fully saturated rings. The fourth-order valence-electron chi connectivity index (χ4n) is 1.98. The second-order valence-corrected chi connectivity index (χ2v) is 5.47. The van der Waals surface area contributed by atoms with Crippen molar-refractivity contribution in [1.29, 1.82) is 0 Å². The molecule has 6 heteroatoms. The Labute approximate surface area is 136 Å². The number of rotatable bonds is 6. The SMILES string of the molecule is O=[N+]([O-])c1ccccc1CCOc1c(Br)cccc1CCl. The topological polar surface area (TPSA) is 52.4 Å². The summed E-state index contributed by atoms with van der Waals surface area (Å²) in [7, 11) is 0. The number of nitrogens with zero attached hydrogens (tertiary/aromatic N) is 1. The summed E-state index contributed by atoms with van der Waals surface area (Å²) in [5, 5.41) is 10.9. The van der Waals surface area contributed by atoms with E-state index in [1.807, 2.05) is 18.2 Å². The molecule has 2 aromatic carbocycles. The van der Waals surface area contributed by atoms with E-state index in [4.69, 9.17) is 16.3 Å². The molecule has 0 saturated heterocycles. The lowest BCUT2D eigenvalue weighted by Gasteiger charge is -2.12. The largest absolute Gasteiger partial charge is 0.492 e. The molecular weight excluding hydrogens is 358 g/mol. The fourth-order valence-corrected chi connectivity index (χ4v) is 2.72. The number of hydrogen-bond donors (Lipinski definition) is 0. The molecule has 2 rings (SSSR count). The van der Waals surface area contributed by atoms with Gasteiger partial charge < -0.3 is 4.74 Å². The molecule has 0 unspecified atom stereocenters. The zero-order valence-corrected chi connectivity index (χ0v) is 13.4. The number of alkyl halides is 1. The summed E-state index contributed by atoms with van der Waals surface area (Å²) in [6.07, 6.45) is 0.459. The minimum absolute atomic E-state index is 0.116. The Morgan fingerprint density at radius 2 is 1.86 bits per heavy atom. The van der Waals surface area contributed by atoms with Gasteiger partial charge in [0, 0.05) is 23.6 Å². The molecule has 110 valence electrons. The van der Waals surface area contributed by atoms with Crippen LogP contribution in [0, 0.1) is 10.1 Å². The van der Waals surface area contributed by atoms with E-state index in [0.29, 0.717) is 30.2 Å². The molecule has 0 aliphatic carbocycles. The first kappa shape index (κ1) is 15.8. The summed E-state index contributed by atoms with van der Waals surface area (Å²) in [6.45, 7) is 0.345. The quantitative estimate of drug-likeness (QED) is 0.420. The average molecular weight is 371 g/mol. The Kier molecular flexibility index (Phi) is 5.59. The van der Waals surface area contributed by atoms with Crippen molar-refractivity contribution in [3.05, 3.63) is 68.2 Å². The number of nitro benzene ring substituents is 1. The second-order valence-electron chi connectivity index (χ2n) is 4.35. The summed E-state index contributed by atoms with van der Waals surface area (Å²) in [6, 6.07) is 12.3. The van der Waals surface area contributed by atoms with Crippen LogP contribution in [0.25, 0.3) is 0 Å². The van der Waals surface area contributed by atoms with E-state index in [0.717, 1.165) is 10.0 Å². The lowest BCUT2D eigenvalue weighted by molar-refractivity contribution is -0.385. The predicted octanol–water partition coefficient (Wildman–Crippen LogP) is 4.72. The molecule has 0 aromatic heterocycles. The van der Waals surface area contributed by atoms with E-state index in [2.05, 4.69) is 15.9 Å². The van der Waals surface area contributed by atoms with Gasteiger partial charge in [-0.1, -0.05) is 30.3 Å². The van der Waals surface area contributed by atoms with Crippen molar-refractivity contribution >= 4 is 33.2 Å². The van der Waals surface area contributed by atoms with E-state index >= 15 is 0 Å². The Bertz CT molecular complexity index is 649. The number of nitro groups is 1. The maximum Gasteiger partial charge on any atom is 0.272 e. The Morgan fingerprint density at radius 1 is 1.14 bits per heavy atom. The zero-order valence-electron chi connectivity index (χ0n) is 11.1. The van der Waals surface area contributed by atoms with Gasteiger partial charge in [0.25, 0.3) is 5.69 Å². The van der Waals surface area contributed by atoms with Crippen molar-refractivity contribution in [2.24, 2.45) is 0 Å². The number of hydrogen-bond acceptors (Lipinski definition) is 3. The van der Waals surface area contributed by atoms with Crippen LogP contribution >= 0.6 is 27.5 Å². The highest BCUT2D eigenvalue weighted by Gasteiger charge is 2.13. The summed E-state index contributed by atoms with van der Waals surface area (Å²) >= 11 is 9.30. The minimum Gasteiger partial charge on any atom is -0.492 e. The van der Waals surface area contributed by atoms with Crippen LogP contribution in [-0.4, -0.2) is 11.5 Å². The third-order valence-electron chi connectivity index (χ3n) is 3.00. The summed E-state index contributed by atoms with van der Waals surface area (Å²) in [5.41, 5.74) is 1.65. The lowest BCUT2D eigenvalue weighted by Crippen LogP contribution is -2.05. The molecule has 0 bridgehead atoms. The molecule has 0 heterocycles. The van der Waals surface area contributed by atoms with Crippen molar-refractivity contribution < 1.29 is 9.66 Å². The van der Waals surface area contributed by atoms with Gasteiger partial charge in [-0.05, 0) is 22.0 Å². The Balaban J connectivity index is 2.07. The maximum absolute atomic E-state index is 10.9. The van der Waals surface area contributed by atoms with Crippen LogP contribution in [0.4, 0.5) is 5.69 Å². The van der Waals surface area contributed by atoms with E-state index in [9.17, 15) is 10.1 Å². The van der Waals surface area contributed by atoms with Gasteiger partial charge in [-0.25, -0.2) is 0 Å². The van der Waals surface area contributed by atoms with Crippen molar-refractivity contribution in [2.75, 3.05) is 6.61 Å². The summed E-state index contributed by atoms with van der Waals surface area (Å²) in [5.74, 6) is 1.03. The highest BCUT2D eigenvalue weighted by Crippen LogP contribution is 2.30. The summed E-state index contributed by atoms with van der Waals surface area (Å²) in [4.78, 5) is 10.6. The molecule has 0 saturated carbocycles. The van der Waals surface area contributed by atoms with Crippen molar-refractivity contribution in [3.8, 4) is 5.75 Å². The zero-order chi connectivity index (χ0) is 15.2. The van der Waals surface area contributed by atoms with Gasteiger partial charge in [-0.15, -0.1) is 11.6 Å². The minimum atomic E-state index is -0.377. The van der Waals surface area contributed by atoms with Crippen LogP contribution in [-0.2, 0) is 12.3 Å². The first-order chi connectivity index (χ1) is 10.1. The van der Waals surface area contributed by atoms with Gasteiger partial charge in [0.2, 0.25) is 0 Å². The second kappa shape index (κ2) is 7.43. The smallest absolute Gasteiger partial charge is 0.272 e. The molecule has 0 aliphatic heterocycles. The maximum atomic E-state index is 10.9. The number of benzene rings is 2. The van der Waals surface area contributed by atoms with Crippen molar-refractivity contribution in [1.82, 2.24) is 0 Å². The van der Waals surface area contributed by atoms with Gasteiger partial charge in [0.05, 0.1) is 21.9 Å². The van der Waals surface area contributed by atoms with Gasteiger partial charge >= 0.3 is 0 Å². The highest BCUT2D eigenvalue weighted by atomic mass is 79.9. The molecular formula is C15H13BrClNO3. The highest BCUT2D eigenvalue weighted by molar-refractivity contribution is 9.10. The van der Waals surface area contributed by atoms with Gasteiger partial charge in [-0.3, -0.25) is 10.1 Å². The monoisotopic (exact) mass is 369 g/mol. The molecule has 2 aromatic rings. The molecule has 0 spiro atoms. The third kappa shape index (κ3) is 3.95. The van der Waals surface area contributed by atoms with Gasteiger partial charge in [0.1, 0.15) is 5.75 Å². The van der Waals surface area contributed by atoms with Crippen LogP contribution in [0.15, 0.2) is 46.9 Å². The van der Waals surface area contributed by atoms with Crippen molar-refractivity contribution in [3.63, 3.8) is 0 Å². The van der Waals surface area contributed by atoms with E-state index in [-0.39, 0.29) is 10.6 Å². The number of halogens is 2. The molecule has 0 radical (unpaired) electrons.